The lowest BCUT2D eigenvalue weighted by molar-refractivity contribution is -0.146. The first-order valence-electron chi connectivity index (χ1n) is 9.20. The Labute approximate surface area is 174 Å². The van der Waals surface area contributed by atoms with E-state index < -0.39 is 24.4 Å². The molecule has 0 saturated heterocycles. The fraction of sp³-hybridized carbons (Fsp3) is 0.286. The van der Waals surface area contributed by atoms with Gasteiger partial charge in [-0.25, -0.2) is 0 Å². The summed E-state index contributed by atoms with van der Waals surface area (Å²) in [6.45, 7) is 1.90. The number of rotatable bonds is 10. The average Bonchev–Trinajstić information content (AvgIpc) is 2.73. The molecule has 7 nitrogen and oxygen atoms in total. The zero-order valence-corrected chi connectivity index (χ0v) is 16.8. The van der Waals surface area contributed by atoms with E-state index in [1.165, 1.54) is 0 Å². The van der Waals surface area contributed by atoms with Crippen LogP contribution in [0, 0.1) is 0 Å². The molecule has 0 unspecified atom stereocenters. The molecule has 2 rings (SSSR count). The second-order valence-corrected chi connectivity index (χ2v) is 6.56. The van der Waals surface area contributed by atoms with Gasteiger partial charge in [0.2, 0.25) is 0 Å². The number of nitrogens with one attached hydrogen (secondary N) is 2. The summed E-state index contributed by atoms with van der Waals surface area (Å²) in [4.78, 5) is 35.6. The summed E-state index contributed by atoms with van der Waals surface area (Å²) in [7, 11) is 0. The number of esters is 1. The number of anilines is 1. The third-order valence-electron chi connectivity index (χ3n) is 3.77. The molecule has 0 aliphatic rings. The molecule has 2 aromatic carbocycles. The molecule has 2 amide bonds. The maximum absolute atomic E-state index is 12.1. The van der Waals surface area contributed by atoms with Crippen LogP contribution in [0.4, 0.5) is 5.69 Å². The highest BCUT2D eigenvalue weighted by molar-refractivity contribution is 6.30. The average molecular weight is 419 g/mol. The lowest BCUT2D eigenvalue weighted by Crippen LogP contribution is -2.32. The van der Waals surface area contributed by atoms with Gasteiger partial charge in [0.15, 0.2) is 6.61 Å². The van der Waals surface area contributed by atoms with Crippen LogP contribution in [-0.4, -0.2) is 37.5 Å². The highest BCUT2D eigenvalue weighted by atomic mass is 35.5. The van der Waals surface area contributed by atoms with Crippen molar-refractivity contribution in [2.24, 2.45) is 0 Å². The van der Waals surface area contributed by atoms with Gasteiger partial charge in [0.1, 0.15) is 12.3 Å². The van der Waals surface area contributed by atoms with Crippen molar-refractivity contribution in [1.29, 1.82) is 0 Å². The number of amides is 2. The molecule has 29 heavy (non-hydrogen) atoms. The van der Waals surface area contributed by atoms with Crippen molar-refractivity contribution in [1.82, 2.24) is 5.32 Å². The van der Waals surface area contributed by atoms with Crippen LogP contribution in [0.2, 0.25) is 5.02 Å². The molecule has 8 heteroatoms. The largest absolute Gasteiger partial charge is 0.494 e. The minimum Gasteiger partial charge on any atom is -0.494 e. The second-order valence-electron chi connectivity index (χ2n) is 6.12. The van der Waals surface area contributed by atoms with Crippen LogP contribution in [0.25, 0.3) is 0 Å². The van der Waals surface area contributed by atoms with Gasteiger partial charge in [0.05, 0.1) is 6.61 Å². The van der Waals surface area contributed by atoms with Crippen molar-refractivity contribution >= 4 is 35.1 Å². The molecule has 0 aliphatic heterocycles. The van der Waals surface area contributed by atoms with E-state index in [1.54, 1.807) is 48.5 Å². The molecule has 0 radical (unpaired) electrons. The predicted octanol–water partition coefficient (Wildman–Crippen LogP) is 3.43. The highest BCUT2D eigenvalue weighted by Gasteiger charge is 2.11. The number of benzene rings is 2. The van der Waals surface area contributed by atoms with Gasteiger partial charge in [0.25, 0.3) is 11.8 Å². The first kappa shape index (κ1) is 22.2. The molecule has 0 heterocycles. The Hall–Kier alpha value is -3.06. The van der Waals surface area contributed by atoms with Gasteiger partial charge in [-0.1, -0.05) is 24.9 Å². The van der Waals surface area contributed by atoms with Crippen molar-refractivity contribution in [3.8, 4) is 5.75 Å². The summed E-state index contributed by atoms with van der Waals surface area (Å²) >= 11 is 5.77. The molecular formula is C21H23ClN2O5. The summed E-state index contributed by atoms with van der Waals surface area (Å²) < 4.78 is 10.4. The summed E-state index contributed by atoms with van der Waals surface area (Å²) in [6.07, 6.45) is 2.00. The van der Waals surface area contributed by atoms with Gasteiger partial charge < -0.3 is 20.1 Å². The fourth-order valence-corrected chi connectivity index (χ4v) is 2.34. The normalized spacial score (nSPS) is 10.1. The molecule has 0 aromatic heterocycles. The number of carbonyl (C=O) groups is 3. The van der Waals surface area contributed by atoms with E-state index in [4.69, 9.17) is 21.1 Å². The van der Waals surface area contributed by atoms with Crippen LogP contribution in [0.5, 0.6) is 5.75 Å². The van der Waals surface area contributed by atoms with E-state index in [0.29, 0.717) is 28.6 Å². The Balaban J connectivity index is 1.69. The van der Waals surface area contributed by atoms with E-state index in [1.807, 2.05) is 0 Å². The van der Waals surface area contributed by atoms with E-state index in [-0.39, 0.29) is 6.54 Å². The van der Waals surface area contributed by atoms with Crippen LogP contribution in [-0.2, 0) is 14.3 Å². The minimum absolute atomic E-state index is 0.345. The molecule has 0 bridgehead atoms. The minimum atomic E-state index is -0.718. The molecule has 2 aromatic rings. The van der Waals surface area contributed by atoms with Gasteiger partial charge in [-0.2, -0.15) is 0 Å². The fourth-order valence-electron chi connectivity index (χ4n) is 2.22. The summed E-state index contributed by atoms with van der Waals surface area (Å²) in [5.41, 5.74) is 0.923. The molecule has 0 aliphatic carbocycles. The van der Waals surface area contributed by atoms with Crippen molar-refractivity contribution in [2.45, 2.75) is 19.8 Å². The lowest BCUT2D eigenvalue weighted by Gasteiger charge is -2.08. The summed E-state index contributed by atoms with van der Waals surface area (Å²) in [5.74, 6) is -0.955. The van der Waals surface area contributed by atoms with Crippen molar-refractivity contribution in [3.05, 3.63) is 59.1 Å². The van der Waals surface area contributed by atoms with E-state index in [9.17, 15) is 14.4 Å². The number of halogens is 1. The van der Waals surface area contributed by atoms with Gasteiger partial charge in [-0.3, -0.25) is 14.4 Å². The van der Waals surface area contributed by atoms with Crippen molar-refractivity contribution in [3.63, 3.8) is 0 Å². The van der Waals surface area contributed by atoms with Gasteiger partial charge in [-0.05, 0) is 55.0 Å². The second kappa shape index (κ2) is 11.7. The SMILES string of the molecule is CCCCOc1ccc(C(=O)NCC(=O)OCC(=O)Nc2ccc(Cl)cc2)cc1. The molecule has 0 spiro atoms. The van der Waals surface area contributed by atoms with Crippen molar-refractivity contribution < 1.29 is 23.9 Å². The maximum atomic E-state index is 12.1. The highest BCUT2D eigenvalue weighted by Crippen LogP contribution is 2.14. The van der Waals surface area contributed by atoms with Crippen LogP contribution in [0.15, 0.2) is 48.5 Å². The number of hydrogen-bond acceptors (Lipinski definition) is 5. The molecule has 154 valence electrons. The third kappa shape index (κ3) is 8.23. The Morgan fingerprint density at radius 1 is 1.00 bits per heavy atom. The molecule has 0 fully saturated rings. The number of unbranched alkanes of at least 4 members (excludes halogenated alkanes) is 1. The quantitative estimate of drug-likeness (QED) is 0.455. The molecule has 0 atom stereocenters. The van der Waals surface area contributed by atoms with Gasteiger partial charge in [-0.15, -0.1) is 0 Å². The first-order valence-corrected chi connectivity index (χ1v) is 9.58. The Bertz CT molecular complexity index is 822. The first-order chi connectivity index (χ1) is 14.0. The van der Waals surface area contributed by atoms with Gasteiger partial charge >= 0.3 is 5.97 Å². The van der Waals surface area contributed by atoms with Crippen LogP contribution >= 0.6 is 11.6 Å². The number of carbonyl (C=O) groups excluding carboxylic acids is 3. The third-order valence-corrected chi connectivity index (χ3v) is 4.02. The Kier molecular flexibility index (Phi) is 8.98. The van der Waals surface area contributed by atoms with Crippen LogP contribution < -0.4 is 15.4 Å². The zero-order chi connectivity index (χ0) is 21.1. The number of ether oxygens (including phenoxy) is 2. The van der Waals surface area contributed by atoms with Crippen LogP contribution in [0.3, 0.4) is 0 Å². The smallest absolute Gasteiger partial charge is 0.325 e. The standard InChI is InChI=1S/C21H23ClN2O5/c1-2-3-12-28-18-10-4-15(5-11-18)21(27)23-13-20(26)29-14-19(25)24-17-8-6-16(22)7-9-17/h4-11H,2-3,12-14H2,1H3,(H,23,27)(H,24,25). The molecular weight excluding hydrogens is 396 g/mol. The summed E-state index contributed by atoms with van der Waals surface area (Å²) in [5, 5.41) is 5.56. The Morgan fingerprint density at radius 2 is 1.69 bits per heavy atom. The van der Waals surface area contributed by atoms with E-state index in [0.717, 1.165) is 12.8 Å². The van der Waals surface area contributed by atoms with Crippen molar-refractivity contribution in [2.75, 3.05) is 25.1 Å². The topological polar surface area (TPSA) is 93.7 Å². The molecule has 2 N–H and O–H groups in total. The maximum Gasteiger partial charge on any atom is 0.325 e. The predicted molar refractivity (Wildman–Crippen MR) is 110 cm³/mol. The zero-order valence-electron chi connectivity index (χ0n) is 16.1. The van der Waals surface area contributed by atoms with Gasteiger partial charge in [0, 0.05) is 16.3 Å². The van der Waals surface area contributed by atoms with Crippen LogP contribution in [0.1, 0.15) is 30.1 Å². The van der Waals surface area contributed by atoms with E-state index in [2.05, 4.69) is 17.6 Å². The molecule has 0 saturated carbocycles. The lowest BCUT2D eigenvalue weighted by atomic mass is 10.2. The van der Waals surface area contributed by atoms with E-state index >= 15 is 0 Å². The summed E-state index contributed by atoms with van der Waals surface area (Å²) in [6, 6.07) is 13.1. The Morgan fingerprint density at radius 3 is 2.34 bits per heavy atom. The monoisotopic (exact) mass is 418 g/mol. The number of hydrogen-bond donors (Lipinski definition) is 2.